The first-order valence-corrected chi connectivity index (χ1v) is 12.6. The van der Waals surface area contributed by atoms with Gasteiger partial charge in [-0.2, -0.15) is 0 Å². The quantitative estimate of drug-likeness (QED) is 0.331. The predicted molar refractivity (Wildman–Crippen MR) is 147 cm³/mol. The van der Waals surface area contributed by atoms with Crippen molar-refractivity contribution in [1.82, 2.24) is 10.3 Å². The number of pyridine rings is 1. The van der Waals surface area contributed by atoms with Crippen LogP contribution in [0, 0.1) is 5.92 Å². The second-order valence-electron chi connectivity index (χ2n) is 9.32. The minimum absolute atomic E-state index is 0.0141. The van der Waals surface area contributed by atoms with Gasteiger partial charge in [-0.3, -0.25) is 14.6 Å². The van der Waals surface area contributed by atoms with Crippen molar-refractivity contribution in [2.45, 2.75) is 32.2 Å². The highest BCUT2D eigenvalue weighted by Gasteiger charge is 2.35. The van der Waals surface area contributed by atoms with E-state index in [1.807, 2.05) is 54.6 Å². The lowest BCUT2D eigenvalue weighted by atomic mass is 9.87. The highest BCUT2D eigenvalue weighted by molar-refractivity contribution is 5.87. The summed E-state index contributed by atoms with van der Waals surface area (Å²) < 4.78 is 10.8. The van der Waals surface area contributed by atoms with Gasteiger partial charge in [-0.15, -0.1) is 0 Å². The number of methoxy groups -OCH3 is 2. The number of carbonyl (C=O) groups excluding carboxylic acids is 1. The van der Waals surface area contributed by atoms with Gasteiger partial charge in [0.2, 0.25) is 5.91 Å². The van der Waals surface area contributed by atoms with Gasteiger partial charge in [0.05, 0.1) is 31.8 Å². The zero-order valence-corrected chi connectivity index (χ0v) is 21.9. The molecule has 0 radical (unpaired) electrons. The minimum atomic E-state index is -0.956. The largest absolute Gasteiger partial charge is 0.495 e. The van der Waals surface area contributed by atoms with Crippen molar-refractivity contribution < 1.29 is 24.2 Å². The summed E-state index contributed by atoms with van der Waals surface area (Å²) in [5, 5.41) is 15.0. The fourth-order valence-corrected chi connectivity index (χ4v) is 4.88. The van der Waals surface area contributed by atoms with Crippen molar-refractivity contribution in [1.29, 1.82) is 0 Å². The average molecular weight is 516 g/mol. The molecule has 1 aliphatic rings. The molecule has 38 heavy (non-hydrogen) atoms. The number of fused-ring (bicyclic) bond motifs is 1. The molecule has 1 amide bonds. The number of anilines is 1. The first-order valence-electron chi connectivity index (χ1n) is 12.6. The number of rotatable bonds is 11. The lowest BCUT2D eigenvalue weighted by Gasteiger charge is -2.17. The Morgan fingerprint density at radius 1 is 1.08 bits per heavy atom. The van der Waals surface area contributed by atoms with E-state index in [0.29, 0.717) is 36.6 Å². The average Bonchev–Trinajstić information content (AvgIpc) is 3.19. The maximum Gasteiger partial charge on any atom is 0.322 e. The number of carbonyl (C=O) groups is 2. The number of ether oxygens (including phenoxy) is 2. The molecule has 1 aliphatic carbocycles. The van der Waals surface area contributed by atoms with Crippen LogP contribution in [-0.4, -0.2) is 42.7 Å². The molecule has 0 fully saturated rings. The number of amides is 1. The lowest BCUT2D eigenvalue weighted by molar-refractivity contribution is -0.135. The van der Waals surface area contributed by atoms with E-state index in [1.54, 1.807) is 20.4 Å². The summed E-state index contributed by atoms with van der Waals surface area (Å²) in [7, 11) is 3.17. The maximum absolute atomic E-state index is 12.7. The molecule has 8 nitrogen and oxygen atoms in total. The molecule has 0 saturated heterocycles. The first-order chi connectivity index (χ1) is 18.4. The van der Waals surface area contributed by atoms with Crippen molar-refractivity contribution in [2.75, 3.05) is 26.1 Å². The summed E-state index contributed by atoms with van der Waals surface area (Å²) in [6, 6.07) is 17.5. The molecule has 2 unspecified atom stereocenters. The van der Waals surface area contributed by atoms with Crippen LogP contribution in [0.1, 0.15) is 48.1 Å². The van der Waals surface area contributed by atoms with E-state index < -0.39 is 5.97 Å². The number of hydrogen-bond acceptors (Lipinski definition) is 6. The molecule has 8 heteroatoms. The van der Waals surface area contributed by atoms with Gasteiger partial charge in [0.25, 0.3) is 0 Å². The molecular weight excluding hydrogens is 482 g/mol. The minimum Gasteiger partial charge on any atom is -0.495 e. The Balaban J connectivity index is 1.56. The van der Waals surface area contributed by atoms with E-state index in [-0.39, 0.29) is 24.3 Å². The molecule has 1 aromatic heterocycles. The van der Waals surface area contributed by atoms with Crippen molar-refractivity contribution in [2.24, 2.45) is 5.92 Å². The number of allylic oxidation sites excluding steroid dienone is 1. The molecule has 3 aromatic rings. The van der Waals surface area contributed by atoms with E-state index in [2.05, 4.69) is 23.6 Å². The number of hydrogen-bond donors (Lipinski definition) is 3. The number of aromatic nitrogens is 1. The van der Waals surface area contributed by atoms with Gasteiger partial charge in [-0.25, -0.2) is 0 Å². The number of nitrogens with one attached hydrogen (secondary N) is 2. The predicted octanol–water partition coefficient (Wildman–Crippen LogP) is 4.97. The zero-order valence-electron chi connectivity index (χ0n) is 21.9. The highest BCUT2D eigenvalue weighted by Crippen LogP contribution is 2.48. The summed E-state index contributed by atoms with van der Waals surface area (Å²) in [6.07, 6.45) is 4.86. The first kappa shape index (κ1) is 26.7. The zero-order chi connectivity index (χ0) is 27.1. The van der Waals surface area contributed by atoms with E-state index in [4.69, 9.17) is 19.6 Å². The van der Waals surface area contributed by atoms with Crippen molar-refractivity contribution in [3.63, 3.8) is 0 Å². The van der Waals surface area contributed by atoms with Gasteiger partial charge in [0, 0.05) is 13.0 Å². The third kappa shape index (κ3) is 6.32. The summed E-state index contributed by atoms with van der Waals surface area (Å²) in [4.78, 5) is 28.4. The number of carboxylic acids is 1. The van der Waals surface area contributed by atoms with E-state index in [0.717, 1.165) is 28.0 Å². The fourth-order valence-electron chi connectivity index (χ4n) is 4.88. The molecule has 0 aliphatic heterocycles. The summed E-state index contributed by atoms with van der Waals surface area (Å²) >= 11 is 0. The Labute approximate surface area is 222 Å². The Hall–Kier alpha value is -4.33. The molecular formula is C30H33N3O5. The molecule has 0 bridgehead atoms. The van der Waals surface area contributed by atoms with Crippen molar-refractivity contribution in [3.8, 4) is 11.5 Å². The topological polar surface area (TPSA) is 110 Å². The second-order valence-corrected chi connectivity index (χ2v) is 9.32. The second kappa shape index (κ2) is 12.3. The van der Waals surface area contributed by atoms with E-state index in [1.165, 1.54) is 0 Å². The van der Waals surface area contributed by atoms with Crippen molar-refractivity contribution in [3.05, 3.63) is 83.2 Å². The Morgan fingerprint density at radius 2 is 1.87 bits per heavy atom. The van der Waals surface area contributed by atoms with Crippen LogP contribution in [0.5, 0.6) is 11.5 Å². The van der Waals surface area contributed by atoms with Crippen LogP contribution < -0.4 is 20.1 Å². The van der Waals surface area contributed by atoms with Gasteiger partial charge >= 0.3 is 5.97 Å². The Kier molecular flexibility index (Phi) is 8.63. The summed E-state index contributed by atoms with van der Waals surface area (Å²) in [5.74, 6) is 0.521. The lowest BCUT2D eigenvalue weighted by Crippen LogP contribution is -2.23. The Bertz CT molecular complexity index is 1320. The standard InChI is InChI=1S/C30H33N3O5/c1-19-23(10-12-28(34)32-16-20-7-5-4-6-8-20)25-15-22(37-2)17-33-30(25)24(19)13-21-9-11-27(38-3)26(14-21)31-18-29(35)36/h4-9,11,13-15,17,19,23,31H,10,12,16,18H2,1-3H3,(H,32,34)(H,35,36). The number of benzene rings is 2. The Morgan fingerprint density at radius 3 is 2.58 bits per heavy atom. The van der Waals surface area contributed by atoms with Crippen LogP contribution in [0.2, 0.25) is 0 Å². The molecule has 4 rings (SSSR count). The normalized spacial score (nSPS) is 17.1. The molecule has 3 N–H and O–H groups in total. The number of carboxylic acid groups (broad SMARTS) is 1. The maximum atomic E-state index is 12.7. The summed E-state index contributed by atoms with van der Waals surface area (Å²) in [5.41, 5.74) is 5.58. The van der Waals surface area contributed by atoms with E-state index in [9.17, 15) is 9.59 Å². The highest BCUT2D eigenvalue weighted by atomic mass is 16.5. The van der Waals surface area contributed by atoms with Gasteiger partial charge in [-0.1, -0.05) is 43.3 Å². The molecule has 198 valence electrons. The van der Waals surface area contributed by atoms with E-state index >= 15 is 0 Å². The SMILES string of the molecule is COc1cnc2c(c1)C(CCC(=O)NCc1ccccc1)C(C)C2=Cc1ccc(OC)c(NCC(=O)O)c1. The number of nitrogens with zero attached hydrogens (tertiary/aromatic N) is 1. The monoisotopic (exact) mass is 515 g/mol. The molecule has 2 aromatic carbocycles. The molecule has 0 spiro atoms. The van der Waals surface area contributed by atoms with Crippen LogP contribution in [0.15, 0.2) is 60.8 Å². The third-order valence-corrected chi connectivity index (χ3v) is 6.89. The van der Waals surface area contributed by atoms with Crippen LogP contribution in [0.4, 0.5) is 5.69 Å². The van der Waals surface area contributed by atoms with Gasteiger partial charge in [-0.05, 0) is 64.8 Å². The fraction of sp³-hybridized carbons (Fsp3) is 0.300. The third-order valence-electron chi connectivity index (χ3n) is 6.89. The van der Waals surface area contributed by atoms with Crippen LogP contribution in [-0.2, 0) is 16.1 Å². The van der Waals surface area contributed by atoms with Gasteiger partial charge in [0.1, 0.15) is 18.0 Å². The smallest absolute Gasteiger partial charge is 0.322 e. The summed E-state index contributed by atoms with van der Waals surface area (Å²) in [6.45, 7) is 2.44. The van der Waals surface area contributed by atoms with Crippen LogP contribution in [0.25, 0.3) is 11.6 Å². The molecule has 0 saturated carbocycles. The van der Waals surface area contributed by atoms with Gasteiger partial charge in [0.15, 0.2) is 0 Å². The van der Waals surface area contributed by atoms with Gasteiger partial charge < -0.3 is 25.2 Å². The number of aliphatic carboxylic acids is 1. The van der Waals surface area contributed by atoms with Crippen LogP contribution >= 0.6 is 0 Å². The van der Waals surface area contributed by atoms with Crippen LogP contribution in [0.3, 0.4) is 0 Å². The van der Waals surface area contributed by atoms with Crippen molar-refractivity contribution >= 4 is 29.2 Å². The molecule has 2 atom stereocenters. The molecule has 1 heterocycles.